The van der Waals surface area contributed by atoms with Gasteiger partial charge in [-0.05, 0) is 37.0 Å². The highest BCUT2D eigenvalue weighted by atomic mass is 31.1. The fourth-order valence-electron chi connectivity index (χ4n) is 3.09. The molecule has 0 bridgehead atoms. The van der Waals surface area contributed by atoms with Crippen LogP contribution in [0.15, 0.2) is 60.7 Å². The lowest BCUT2D eigenvalue weighted by molar-refractivity contribution is 0.513. The van der Waals surface area contributed by atoms with Crippen LogP contribution < -0.4 is 10.6 Å². The molecule has 0 aromatic heterocycles. The average Bonchev–Trinajstić information content (AvgIpc) is 2.51. The van der Waals surface area contributed by atoms with Gasteiger partial charge in [0.05, 0.1) is 0 Å². The first kappa shape index (κ1) is 15.3. The highest BCUT2D eigenvalue weighted by Gasteiger charge is 2.25. The van der Waals surface area contributed by atoms with Gasteiger partial charge >= 0.3 is 0 Å². The Bertz CT molecular complexity index is 452. The van der Waals surface area contributed by atoms with Gasteiger partial charge in [-0.3, -0.25) is 0 Å². The Kier molecular flexibility index (Phi) is 5.86. The van der Waals surface area contributed by atoms with E-state index >= 15 is 0 Å². The van der Waals surface area contributed by atoms with Crippen molar-refractivity contribution in [2.45, 2.75) is 37.8 Å². The highest BCUT2D eigenvalue weighted by molar-refractivity contribution is 7.73. The molecule has 1 aliphatic carbocycles. The molecule has 3 radical (unpaired) electrons. The number of hydrogen-bond donors (Lipinski definition) is 0. The first-order chi connectivity index (χ1) is 9.45. The molecule has 101 valence electrons. The maximum absolute atomic E-state index is 2.33. The molecule has 2 aromatic carbocycles. The molecule has 0 aliphatic heterocycles. The van der Waals surface area contributed by atoms with Crippen LogP contribution in [-0.2, 0) is 0 Å². The zero-order chi connectivity index (χ0) is 12.9. The van der Waals surface area contributed by atoms with Crippen molar-refractivity contribution in [3.8, 4) is 0 Å². The van der Waals surface area contributed by atoms with Crippen LogP contribution in [0.4, 0.5) is 0 Å². The van der Waals surface area contributed by atoms with Crippen LogP contribution in [0.2, 0.25) is 0 Å². The fourth-order valence-corrected chi connectivity index (χ4v) is 6.10. The molecule has 0 nitrogen and oxygen atoms in total. The van der Waals surface area contributed by atoms with Crippen molar-refractivity contribution in [3.05, 3.63) is 60.7 Å². The van der Waals surface area contributed by atoms with E-state index in [1.807, 2.05) is 0 Å². The molecule has 1 aliphatic rings. The second-order valence-corrected chi connectivity index (χ2v) is 7.84. The SMILES string of the molecule is [B].c1ccc(P(c2ccccc2)C2CCCCC2)cc1. The molecule has 2 heteroatoms. The second kappa shape index (κ2) is 7.65. The third-order valence-electron chi connectivity index (χ3n) is 4.01. The molecule has 0 N–H and O–H groups in total. The van der Waals surface area contributed by atoms with Gasteiger partial charge in [-0.2, -0.15) is 0 Å². The van der Waals surface area contributed by atoms with Crippen LogP contribution in [-0.4, -0.2) is 14.1 Å². The lowest BCUT2D eigenvalue weighted by Gasteiger charge is -2.31. The van der Waals surface area contributed by atoms with Crippen LogP contribution in [0.25, 0.3) is 0 Å². The summed E-state index contributed by atoms with van der Waals surface area (Å²) in [4.78, 5) is 0. The van der Waals surface area contributed by atoms with E-state index in [4.69, 9.17) is 0 Å². The maximum Gasteiger partial charge on any atom is 0 e. The normalized spacial score (nSPS) is 15.8. The van der Waals surface area contributed by atoms with Crippen LogP contribution in [0.1, 0.15) is 32.1 Å². The van der Waals surface area contributed by atoms with Gasteiger partial charge < -0.3 is 0 Å². The first-order valence-corrected chi connectivity index (χ1v) is 8.75. The Labute approximate surface area is 125 Å². The molecule has 0 saturated heterocycles. The molecule has 1 saturated carbocycles. The third-order valence-corrected chi connectivity index (χ3v) is 6.96. The van der Waals surface area contributed by atoms with Crippen LogP contribution in [0.5, 0.6) is 0 Å². The summed E-state index contributed by atoms with van der Waals surface area (Å²) in [5, 5.41) is 3.10. The van der Waals surface area contributed by atoms with E-state index in [2.05, 4.69) is 60.7 Å². The van der Waals surface area contributed by atoms with Crippen molar-refractivity contribution >= 4 is 26.9 Å². The van der Waals surface area contributed by atoms with Gasteiger partial charge in [0.15, 0.2) is 0 Å². The van der Waals surface area contributed by atoms with E-state index in [1.165, 1.54) is 32.1 Å². The molecule has 20 heavy (non-hydrogen) atoms. The van der Waals surface area contributed by atoms with E-state index in [1.54, 1.807) is 10.6 Å². The molecule has 0 spiro atoms. The van der Waals surface area contributed by atoms with Gasteiger partial charge in [0.1, 0.15) is 0 Å². The van der Waals surface area contributed by atoms with E-state index in [0.717, 1.165) is 5.66 Å². The Morgan fingerprint density at radius 1 is 0.650 bits per heavy atom. The van der Waals surface area contributed by atoms with E-state index in [-0.39, 0.29) is 16.3 Å². The summed E-state index contributed by atoms with van der Waals surface area (Å²) in [5.41, 5.74) is 0.883. The largest absolute Gasteiger partial charge is 0.0622 e. The van der Waals surface area contributed by atoms with Crippen molar-refractivity contribution in [2.24, 2.45) is 0 Å². The predicted octanol–water partition coefficient (Wildman–Crippen LogP) is 4.07. The van der Waals surface area contributed by atoms with Crippen molar-refractivity contribution in [2.75, 3.05) is 0 Å². The zero-order valence-corrected chi connectivity index (χ0v) is 12.8. The topological polar surface area (TPSA) is 0 Å². The van der Waals surface area contributed by atoms with Gasteiger partial charge in [0.25, 0.3) is 0 Å². The number of rotatable bonds is 3. The van der Waals surface area contributed by atoms with Crippen molar-refractivity contribution in [1.82, 2.24) is 0 Å². The predicted molar refractivity (Wildman–Crippen MR) is 91.7 cm³/mol. The standard InChI is InChI=1S/C18H21P.B/c1-4-10-16(11-5-1)19(17-12-6-2-7-13-17)18-14-8-3-9-15-18;/h1-2,4-7,10-13,18H,3,8-9,14-15H2;. The highest BCUT2D eigenvalue weighted by Crippen LogP contribution is 2.45. The summed E-state index contributed by atoms with van der Waals surface area (Å²) in [6.07, 6.45) is 7.10. The second-order valence-electron chi connectivity index (χ2n) is 5.33. The van der Waals surface area contributed by atoms with Gasteiger partial charge in [-0.25, -0.2) is 0 Å². The fraction of sp³-hybridized carbons (Fsp3) is 0.333. The van der Waals surface area contributed by atoms with Crippen molar-refractivity contribution in [1.29, 1.82) is 0 Å². The van der Waals surface area contributed by atoms with E-state index in [9.17, 15) is 0 Å². The smallest absolute Gasteiger partial charge is 0 e. The Morgan fingerprint density at radius 3 is 1.55 bits per heavy atom. The lowest BCUT2D eigenvalue weighted by atomic mass is 10.0. The summed E-state index contributed by atoms with van der Waals surface area (Å²) in [5.74, 6) is 0. The Balaban J connectivity index is 0.00000147. The number of hydrogen-bond acceptors (Lipinski definition) is 0. The monoisotopic (exact) mass is 279 g/mol. The van der Waals surface area contributed by atoms with Crippen molar-refractivity contribution < 1.29 is 0 Å². The summed E-state index contributed by atoms with van der Waals surface area (Å²) in [6, 6.07) is 22.3. The molecule has 0 amide bonds. The molecule has 1 fully saturated rings. The van der Waals surface area contributed by atoms with Gasteiger partial charge in [0.2, 0.25) is 0 Å². The minimum atomic E-state index is -0.169. The van der Waals surface area contributed by atoms with E-state index in [0.29, 0.717) is 0 Å². The molecule has 0 atom stereocenters. The zero-order valence-electron chi connectivity index (χ0n) is 11.9. The lowest BCUT2D eigenvalue weighted by Crippen LogP contribution is -2.23. The van der Waals surface area contributed by atoms with E-state index < -0.39 is 0 Å². The maximum atomic E-state index is 2.33. The average molecular weight is 279 g/mol. The molecular formula is C18H21BP. The Hall–Kier alpha value is -1.07. The molecule has 0 unspecified atom stereocenters. The number of benzene rings is 2. The summed E-state index contributed by atoms with van der Waals surface area (Å²) in [7, 11) is -0.169. The molecular weight excluding hydrogens is 258 g/mol. The minimum absolute atomic E-state index is 0. The van der Waals surface area contributed by atoms with Crippen LogP contribution in [0, 0.1) is 0 Å². The quantitative estimate of drug-likeness (QED) is 0.587. The Morgan fingerprint density at radius 2 is 1.10 bits per heavy atom. The van der Waals surface area contributed by atoms with Gasteiger partial charge in [-0.1, -0.05) is 79.9 Å². The van der Waals surface area contributed by atoms with Crippen molar-refractivity contribution in [3.63, 3.8) is 0 Å². The van der Waals surface area contributed by atoms with Gasteiger partial charge in [0, 0.05) is 8.41 Å². The summed E-state index contributed by atoms with van der Waals surface area (Å²) in [6.45, 7) is 0. The molecule has 3 rings (SSSR count). The van der Waals surface area contributed by atoms with Crippen LogP contribution >= 0.6 is 7.92 Å². The third kappa shape index (κ3) is 3.52. The summed E-state index contributed by atoms with van der Waals surface area (Å²) < 4.78 is 0. The molecule has 2 aromatic rings. The molecule has 0 heterocycles. The van der Waals surface area contributed by atoms with Gasteiger partial charge in [-0.15, -0.1) is 0 Å². The summed E-state index contributed by atoms with van der Waals surface area (Å²) >= 11 is 0. The minimum Gasteiger partial charge on any atom is -0.0622 e. The van der Waals surface area contributed by atoms with Crippen LogP contribution in [0.3, 0.4) is 0 Å². The first-order valence-electron chi connectivity index (χ1n) is 7.34.